The highest BCUT2D eigenvalue weighted by molar-refractivity contribution is 6.00. The van der Waals surface area contributed by atoms with Gasteiger partial charge in [-0.2, -0.15) is 10.2 Å². The van der Waals surface area contributed by atoms with Gasteiger partial charge in [0.15, 0.2) is 0 Å². The van der Waals surface area contributed by atoms with Gasteiger partial charge in [-0.3, -0.25) is 9.89 Å². The zero-order valence-corrected chi connectivity index (χ0v) is 15.1. The van der Waals surface area contributed by atoms with Crippen molar-refractivity contribution in [2.75, 3.05) is 6.61 Å². The lowest BCUT2D eigenvalue weighted by Gasteiger charge is -2.07. The predicted octanol–water partition coefficient (Wildman–Crippen LogP) is 3.33. The van der Waals surface area contributed by atoms with E-state index in [2.05, 4.69) is 20.7 Å². The van der Waals surface area contributed by atoms with Crippen molar-refractivity contribution in [1.82, 2.24) is 15.6 Å². The van der Waals surface area contributed by atoms with Crippen molar-refractivity contribution in [2.24, 2.45) is 5.10 Å². The maximum Gasteiger partial charge on any atom is 0.289 e. The van der Waals surface area contributed by atoms with E-state index in [4.69, 9.17) is 4.74 Å². The summed E-state index contributed by atoms with van der Waals surface area (Å²) in [5.74, 6) is 0.480. The van der Waals surface area contributed by atoms with Gasteiger partial charge in [-0.15, -0.1) is 0 Å². The van der Waals surface area contributed by atoms with Crippen LogP contribution in [0.2, 0.25) is 0 Å². The number of hydrogen-bond acceptors (Lipinski definition) is 5. The van der Waals surface area contributed by atoms with E-state index in [1.165, 1.54) is 0 Å². The number of rotatable bonds is 6. The molecule has 1 aromatic heterocycles. The van der Waals surface area contributed by atoms with E-state index < -0.39 is 5.91 Å². The number of para-hydroxylation sites is 1. The number of nitrogens with one attached hydrogen (secondary N) is 2. The van der Waals surface area contributed by atoms with Crippen LogP contribution in [0.3, 0.4) is 0 Å². The summed E-state index contributed by atoms with van der Waals surface area (Å²) in [6.07, 6.45) is 0. The number of H-pyrrole nitrogens is 1. The Labute approximate surface area is 156 Å². The van der Waals surface area contributed by atoms with Gasteiger partial charge in [0.1, 0.15) is 17.2 Å². The molecule has 27 heavy (non-hydrogen) atoms. The fourth-order valence-electron chi connectivity index (χ4n) is 2.50. The van der Waals surface area contributed by atoms with E-state index >= 15 is 0 Å². The zero-order valence-electron chi connectivity index (χ0n) is 15.1. The number of carbonyl (C=O) groups excluding carboxylic acids is 1. The number of ether oxygens (including phenoxy) is 1. The molecule has 0 radical (unpaired) electrons. The molecule has 3 N–H and O–H groups in total. The van der Waals surface area contributed by atoms with E-state index in [9.17, 15) is 9.90 Å². The second-order valence-corrected chi connectivity index (χ2v) is 5.78. The Morgan fingerprint density at radius 3 is 2.70 bits per heavy atom. The minimum atomic E-state index is -0.402. The molecule has 7 heteroatoms. The Balaban J connectivity index is 1.74. The maximum atomic E-state index is 12.3. The van der Waals surface area contributed by atoms with Crippen molar-refractivity contribution >= 4 is 11.6 Å². The monoisotopic (exact) mass is 364 g/mol. The number of aromatic nitrogens is 2. The number of aromatic amines is 1. The number of aromatic hydroxyl groups is 1. The molecule has 0 aliphatic carbocycles. The summed E-state index contributed by atoms with van der Waals surface area (Å²) in [6.45, 7) is 4.22. The molecule has 1 heterocycles. The molecule has 0 aliphatic heterocycles. The van der Waals surface area contributed by atoms with Crippen LogP contribution >= 0.6 is 0 Å². The topological polar surface area (TPSA) is 99.6 Å². The third-order valence-corrected chi connectivity index (χ3v) is 3.90. The molecular formula is C20H20N4O3. The smallest absolute Gasteiger partial charge is 0.289 e. The number of hydrogen-bond donors (Lipinski definition) is 3. The standard InChI is InChI=1S/C20H20N4O3/c1-3-27-19-7-5-4-6-16(19)17-12-18(23-22-17)20(26)24-21-13(2)14-8-10-15(25)11-9-14/h4-12,25H,3H2,1-2H3,(H,22,23)(H,24,26)/b21-13+. The van der Waals surface area contributed by atoms with E-state index in [1.807, 2.05) is 31.2 Å². The number of benzene rings is 2. The van der Waals surface area contributed by atoms with E-state index in [0.717, 1.165) is 11.1 Å². The number of phenols is 1. The molecule has 0 saturated carbocycles. The summed E-state index contributed by atoms with van der Waals surface area (Å²) in [6, 6.07) is 15.7. The van der Waals surface area contributed by atoms with Crippen LogP contribution in [0.5, 0.6) is 11.5 Å². The van der Waals surface area contributed by atoms with Crippen molar-refractivity contribution in [3.63, 3.8) is 0 Å². The molecule has 7 nitrogen and oxygen atoms in total. The van der Waals surface area contributed by atoms with Gasteiger partial charge in [-0.1, -0.05) is 12.1 Å². The Morgan fingerprint density at radius 1 is 1.22 bits per heavy atom. The Kier molecular flexibility index (Phi) is 5.51. The van der Waals surface area contributed by atoms with Crippen molar-refractivity contribution in [3.8, 4) is 22.8 Å². The average Bonchev–Trinajstić information content (AvgIpc) is 3.17. The van der Waals surface area contributed by atoms with Crippen LogP contribution in [-0.4, -0.2) is 33.5 Å². The summed E-state index contributed by atoms with van der Waals surface area (Å²) < 4.78 is 5.60. The molecule has 0 atom stereocenters. The normalized spacial score (nSPS) is 11.3. The first kappa shape index (κ1) is 18.2. The fourth-order valence-corrected chi connectivity index (χ4v) is 2.50. The van der Waals surface area contributed by atoms with Crippen LogP contribution in [0.4, 0.5) is 0 Å². The van der Waals surface area contributed by atoms with Gasteiger partial charge in [-0.05, 0) is 61.9 Å². The van der Waals surface area contributed by atoms with Gasteiger partial charge >= 0.3 is 0 Å². The second-order valence-electron chi connectivity index (χ2n) is 5.78. The van der Waals surface area contributed by atoms with Crippen molar-refractivity contribution in [3.05, 3.63) is 65.9 Å². The number of hydrazone groups is 1. The lowest BCUT2D eigenvalue weighted by atomic mass is 10.1. The second kappa shape index (κ2) is 8.18. The van der Waals surface area contributed by atoms with Crippen molar-refractivity contribution in [2.45, 2.75) is 13.8 Å². The molecule has 2 aromatic carbocycles. The average molecular weight is 364 g/mol. The van der Waals surface area contributed by atoms with Crippen LogP contribution < -0.4 is 10.2 Å². The minimum Gasteiger partial charge on any atom is -0.508 e. The summed E-state index contributed by atoms with van der Waals surface area (Å²) in [5, 5.41) is 20.3. The highest BCUT2D eigenvalue weighted by Crippen LogP contribution is 2.28. The van der Waals surface area contributed by atoms with Crippen LogP contribution in [0.1, 0.15) is 29.9 Å². The van der Waals surface area contributed by atoms with Gasteiger partial charge in [0.2, 0.25) is 0 Å². The van der Waals surface area contributed by atoms with Gasteiger partial charge in [0, 0.05) is 5.56 Å². The number of phenolic OH excluding ortho intramolecular Hbond substituents is 1. The van der Waals surface area contributed by atoms with Gasteiger partial charge in [-0.25, -0.2) is 5.43 Å². The summed E-state index contributed by atoms with van der Waals surface area (Å²) in [4.78, 5) is 12.3. The number of carbonyl (C=O) groups is 1. The highest BCUT2D eigenvalue weighted by Gasteiger charge is 2.13. The summed E-state index contributed by atoms with van der Waals surface area (Å²) in [5.41, 5.74) is 5.62. The van der Waals surface area contributed by atoms with Crippen LogP contribution in [0.25, 0.3) is 11.3 Å². The summed E-state index contributed by atoms with van der Waals surface area (Å²) >= 11 is 0. The third kappa shape index (κ3) is 4.33. The van der Waals surface area contributed by atoms with Crippen LogP contribution in [0, 0.1) is 0 Å². The van der Waals surface area contributed by atoms with Crippen molar-refractivity contribution < 1.29 is 14.6 Å². The van der Waals surface area contributed by atoms with Crippen LogP contribution in [-0.2, 0) is 0 Å². The van der Waals surface area contributed by atoms with Crippen molar-refractivity contribution in [1.29, 1.82) is 0 Å². The molecule has 0 saturated heterocycles. The Bertz CT molecular complexity index is 961. The summed E-state index contributed by atoms with van der Waals surface area (Å²) in [7, 11) is 0. The first-order chi connectivity index (χ1) is 13.1. The third-order valence-electron chi connectivity index (χ3n) is 3.90. The van der Waals surface area contributed by atoms with Gasteiger partial charge in [0.05, 0.1) is 18.0 Å². The molecule has 1 amide bonds. The molecule has 3 rings (SSSR count). The maximum absolute atomic E-state index is 12.3. The molecule has 0 fully saturated rings. The minimum absolute atomic E-state index is 0.174. The lowest BCUT2D eigenvalue weighted by Crippen LogP contribution is -2.19. The largest absolute Gasteiger partial charge is 0.508 e. The molecule has 0 spiro atoms. The molecule has 138 valence electrons. The van der Waals surface area contributed by atoms with E-state index in [-0.39, 0.29) is 5.75 Å². The van der Waals surface area contributed by atoms with E-state index in [0.29, 0.717) is 29.5 Å². The number of amides is 1. The highest BCUT2D eigenvalue weighted by atomic mass is 16.5. The predicted molar refractivity (Wildman–Crippen MR) is 103 cm³/mol. The SMILES string of the molecule is CCOc1ccccc1-c1cc(C(=O)N/N=C(\C)c2ccc(O)cc2)[nH]n1. The number of nitrogens with zero attached hydrogens (tertiary/aromatic N) is 2. The van der Waals surface area contributed by atoms with Gasteiger partial charge in [0.25, 0.3) is 5.91 Å². The van der Waals surface area contributed by atoms with Gasteiger partial charge < -0.3 is 9.84 Å². The molecule has 0 bridgehead atoms. The Hall–Kier alpha value is -3.61. The quantitative estimate of drug-likeness (QED) is 0.461. The van der Waals surface area contributed by atoms with Crippen LogP contribution in [0.15, 0.2) is 59.7 Å². The zero-order chi connectivity index (χ0) is 19.2. The first-order valence-corrected chi connectivity index (χ1v) is 8.50. The molecular weight excluding hydrogens is 344 g/mol. The molecule has 3 aromatic rings. The lowest BCUT2D eigenvalue weighted by molar-refractivity contribution is 0.0950. The fraction of sp³-hybridized carbons (Fsp3) is 0.150. The first-order valence-electron chi connectivity index (χ1n) is 8.50. The Morgan fingerprint density at radius 2 is 1.96 bits per heavy atom. The molecule has 0 unspecified atom stereocenters. The van der Waals surface area contributed by atoms with E-state index in [1.54, 1.807) is 37.3 Å². The molecule has 0 aliphatic rings.